The van der Waals surface area contributed by atoms with Crippen molar-refractivity contribution in [1.82, 2.24) is 0 Å². The summed E-state index contributed by atoms with van der Waals surface area (Å²) in [6.07, 6.45) is 1.79. The van der Waals surface area contributed by atoms with Gasteiger partial charge in [-0.3, -0.25) is 4.79 Å². The second-order valence-corrected chi connectivity index (χ2v) is 5.11. The number of anilines is 1. The SMILES string of the molecule is CC1=NN(c2ccc(C(=O)[O-])cc2)C(=O)/C1=C\c1ccccc1. The number of nitrogens with zero attached hydrogens (tertiary/aromatic N) is 2. The van der Waals surface area contributed by atoms with Crippen LogP contribution in [0.2, 0.25) is 0 Å². The highest BCUT2D eigenvalue weighted by atomic mass is 16.4. The van der Waals surface area contributed by atoms with Crippen LogP contribution in [0.5, 0.6) is 0 Å². The van der Waals surface area contributed by atoms with Crippen LogP contribution in [0.15, 0.2) is 65.3 Å². The third-order valence-electron chi connectivity index (χ3n) is 3.52. The molecule has 1 aliphatic heterocycles. The maximum Gasteiger partial charge on any atom is 0.280 e. The molecule has 0 unspecified atom stereocenters. The molecule has 3 rings (SSSR count). The molecule has 0 saturated carbocycles. The van der Waals surface area contributed by atoms with Crippen LogP contribution < -0.4 is 10.1 Å². The number of carboxylic acid groups (broad SMARTS) is 1. The standard InChI is InChI=1S/C18H14N2O3/c1-12-16(11-13-5-3-2-4-6-13)17(21)20(19-12)15-9-7-14(8-10-15)18(22)23/h2-11H,1H3,(H,22,23)/p-1/b16-11-. The van der Waals surface area contributed by atoms with E-state index in [1.165, 1.54) is 29.3 Å². The number of hydrazone groups is 1. The Labute approximate surface area is 133 Å². The Morgan fingerprint density at radius 2 is 1.74 bits per heavy atom. The smallest absolute Gasteiger partial charge is 0.280 e. The van der Waals surface area contributed by atoms with Gasteiger partial charge in [-0.05, 0) is 36.3 Å². The molecule has 23 heavy (non-hydrogen) atoms. The largest absolute Gasteiger partial charge is 0.545 e. The van der Waals surface area contributed by atoms with Gasteiger partial charge in [0.1, 0.15) is 0 Å². The van der Waals surface area contributed by atoms with Gasteiger partial charge in [-0.2, -0.15) is 10.1 Å². The minimum Gasteiger partial charge on any atom is -0.545 e. The Kier molecular flexibility index (Phi) is 3.76. The van der Waals surface area contributed by atoms with E-state index in [1.54, 1.807) is 13.0 Å². The van der Waals surface area contributed by atoms with Gasteiger partial charge >= 0.3 is 0 Å². The first kappa shape index (κ1) is 14.7. The second kappa shape index (κ2) is 5.88. The number of carbonyl (C=O) groups is 2. The van der Waals surface area contributed by atoms with Gasteiger partial charge in [0.2, 0.25) is 0 Å². The topological polar surface area (TPSA) is 72.8 Å². The Balaban J connectivity index is 1.91. The van der Waals surface area contributed by atoms with Gasteiger partial charge in [0.25, 0.3) is 5.91 Å². The number of benzene rings is 2. The lowest BCUT2D eigenvalue weighted by molar-refractivity contribution is -0.255. The zero-order valence-corrected chi connectivity index (χ0v) is 12.4. The molecule has 0 saturated heterocycles. The molecule has 1 aliphatic rings. The maximum absolute atomic E-state index is 12.6. The third-order valence-corrected chi connectivity index (χ3v) is 3.52. The van der Waals surface area contributed by atoms with Gasteiger partial charge in [0, 0.05) is 0 Å². The van der Waals surface area contributed by atoms with Gasteiger partial charge in [0.05, 0.1) is 22.9 Å². The molecule has 0 spiro atoms. The van der Waals surface area contributed by atoms with Gasteiger partial charge in [-0.25, -0.2) is 0 Å². The van der Waals surface area contributed by atoms with Crippen LogP contribution in [0.4, 0.5) is 5.69 Å². The van der Waals surface area contributed by atoms with E-state index in [-0.39, 0.29) is 11.5 Å². The maximum atomic E-state index is 12.6. The molecular formula is C18H13N2O3-. The molecule has 2 aromatic rings. The summed E-state index contributed by atoms with van der Waals surface area (Å²) in [4.78, 5) is 23.3. The first-order valence-electron chi connectivity index (χ1n) is 7.04. The molecule has 2 aromatic carbocycles. The lowest BCUT2D eigenvalue weighted by Gasteiger charge is -2.12. The van der Waals surface area contributed by atoms with Crippen molar-refractivity contribution in [2.45, 2.75) is 6.92 Å². The van der Waals surface area contributed by atoms with E-state index < -0.39 is 5.97 Å². The first-order chi connectivity index (χ1) is 11.1. The number of carbonyl (C=O) groups excluding carboxylic acids is 2. The van der Waals surface area contributed by atoms with Crippen molar-refractivity contribution in [3.63, 3.8) is 0 Å². The zero-order valence-electron chi connectivity index (χ0n) is 12.4. The van der Waals surface area contributed by atoms with E-state index >= 15 is 0 Å². The lowest BCUT2D eigenvalue weighted by atomic mass is 10.1. The Hall–Kier alpha value is -3.21. The van der Waals surface area contributed by atoms with E-state index in [2.05, 4.69) is 5.10 Å². The predicted molar refractivity (Wildman–Crippen MR) is 85.8 cm³/mol. The van der Waals surface area contributed by atoms with Gasteiger partial charge < -0.3 is 9.90 Å². The normalized spacial score (nSPS) is 15.9. The summed E-state index contributed by atoms with van der Waals surface area (Å²) in [5, 5.41) is 16.3. The molecule has 0 fully saturated rings. The van der Waals surface area contributed by atoms with E-state index in [0.717, 1.165) is 5.56 Å². The molecule has 0 aromatic heterocycles. The molecule has 114 valence electrons. The molecule has 0 atom stereocenters. The molecule has 0 N–H and O–H groups in total. The van der Waals surface area contributed by atoms with Gasteiger partial charge in [0.15, 0.2) is 0 Å². The highest BCUT2D eigenvalue weighted by Gasteiger charge is 2.28. The summed E-state index contributed by atoms with van der Waals surface area (Å²) in [5.41, 5.74) is 2.61. The van der Waals surface area contributed by atoms with E-state index in [1.807, 2.05) is 30.3 Å². The number of carboxylic acids is 1. The van der Waals surface area contributed by atoms with Crippen molar-refractivity contribution in [2.24, 2.45) is 5.10 Å². The summed E-state index contributed by atoms with van der Waals surface area (Å²) in [6.45, 7) is 1.77. The van der Waals surface area contributed by atoms with E-state index in [0.29, 0.717) is 17.0 Å². The average molecular weight is 305 g/mol. The van der Waals surface area contributed by atoms with Crippen LogP contribution in [0.3, 0.4) is 0 Å². The molecule has 0 aliphatic carbocycles. The molecule has 5 nitrogen and oxygen atoms in total. The van der Waals surface area contributed by atoms with E-state index in [9.17, 15) is 14.7 Å². The lowest BCUT2D eigenvalue weighted by Crippen LogP contribution is -2.23. The Morgan fingerprint density at radius 1 is 1.09 bits per heavy atom. The predicted octanol–water partition coefficient (Wildman–Crippen LogP) is 1.86. The molecule has 1 amide bonds. The Bertz CT molecular complexity index is 821. The first-order valence-corrected chi connectivity index (χ1v) is 7.04. The number of hydrogen-bond donors (Lipinski definition) is 0. The second-order valence-electron chi connectivity index (χ2n) is 5.11. The quantitative estimate of drug-likeness (QED) is 0.812. The molecule has 0 radical (unpaired) electrons. The molecular weight excluding hydrogens is 292 g/mol. The minimum atomic E-state index is -1.26. The summed E-state index contributed by atoms with van der Waals surface area (Å²) in [5.74, 6) is -1.50. The van der Waals surface area contributed by atoms with E-state index in [4.69, 9.17) is 0 Å². The average Bonchev–Trinajstić information content (AvgIpc) is 2.84. The van der Waals surface area contributed by atoms with Crippen LogP contribution in [0.1, 0.15) is 22.8 Å². The third kappa shape index (κ3) is 2.89. The summed E-state index contributed by atoms with van der Waals surface area (Å²) in [7, 11) is 0. The zero-order chi connectivity index (χ0) is 16.4. The van der Waals surface area contributed by atoms with Crippen molar-refractivity contribution >= 4 is 29.4 Å². The number of rotatable bonds is 3. The summed E-state index contributed by atoms with van der Waals surface area (Å²) in [6, 6.07) is 15.4. The summed E-state index contributed by atoms with van der Waals surface area (Å²) < 4.78 is 0. The van der Waals surface area contributed by atoms with Crippen molar-refractivity contribution in [3.05, 3.63) is 71.3 Å². The molecule has 1 heterocycles. The fraction of sp³-hybridized carbons (Fsp3) is 0.0556. The fourth-order valence-electron chi connectivity index (χ4n) is 2.31. The number of amides is 1. The number of aromatic carboxylic acids is 1. The van der Waals surface area contributed by atoms with Gasteiger partial charge in [-0.15, -0.1) is 0 Å². The Morgan fingerprint density at radius 3 is 2.35 bits per heavy atom. The van der Waals surface area contributed by atoms with Crippen LogP contribution in [0.25, 0.3) is 6.08 Å². The van der Waals surface area contributed by atoms with Crippen molar-refractivity contribution in [3.8, 4) is 0 Å². The van der Waals surface area contributed by atoms with Crippen LogP contribution >= 0.6 is 0 Å². The van der Waals surface area contributed by atoms with Gasteiger partial charge in [-0.1, -0.05) is 42.5 Å². The van der Waals surface area contributed by atoms with Crippen LogP contribution in [0, 0.1) is 0 Å². The van der Waals surface area contributed by atoms with Crippen LogP contribution in [-0.4, -0.2) is 17.6 Å². The highest BCUT2D eigenvalue weighted by Crippen LogP contribution is 2.25. The van der Waals surface area contributed by atoms with Crippen LogP contribution in [-0.2, 0) is 4.79 Å². The summed E-state index contributed by atoms with van der Waals surface area (Å²) >= 11 is 0. The molecule has 5 heteroatoms. The monoisotopic (exact) mass is 305 g/mol. The van der Waals surface area contributed by atoms with Crippen molar-refractivity contribution in [1.29, 1.82) is 0 Å². The number of hydrogen-bond acceptors (Lipinski definition) is 4. The van der Waals surface area contributed by atoms with Crippen molar-refractivity contribution in [2.75, 3.05) is 5.01 Å². The van der Waals surface area contributed by atoms with Crippen molar-refractivity contribution < 1.29 is 14.7 Å². The fourth-order valence-corrected chi connectivity index (χ4v) is 2.31. The molecule has 0 bridgehead atoms. The minimum absolute atomic E-state index is 0.0566. The highest BCUT2D eigenvalue weighted by molar-refractivity contribution is 6.32.